The molecule has 1 amide bonds. The minimum Gasteiger partial charge on any atom is -0.506 e. The summed E-state index contributed by atoms with van der Waals surface area (Å²) in [4.78, 5) is 35.0. The first-order valence-corrected chi connectivity index (χ1v) is 15.1. The van der Waals surface area contributed by atoms with Crippen LogP contribution in [0.15, 0.2) is 97.2 Å². The quantitative estimate of drug-likeness (QED) is 0.218. The highest BCUT2D eigenvalue weighted by atomic mass is 16.4. The number of fused-ring (bicyclic) bond motifs is 1. The molecule has 0 bridgehead atoms. The molecule has 2 heterocycles. The van der Waals surface area contributed by atoms with Gasteiger partial charge in [0.25, 0.3) is 5.91 Å². The van der Waals surface area contributed by atoms with Crippen molar-refractivity contribution in [2.75, 3.05) is 45.2 Å². The largest absolute Gasteiger partial charge is 0.506 e. The number of hydrogen-bond acceptors (Lipinski definition) is 6. The highest BCUT2D eigenvalue weighted by Gasteiger charge is 2.23. The van der Waals surface area contributed by atoms with E-state index in [0.29, 0.717) is 10.9 Å². The first kappa shape index (κ1) is 29.8. The highest BCUT2D eigenvalue weighted by molar-refractivity contribution is 6.08. The lowest BCUT2D eigenvalue weighted by Gasteiger charge is -2.39. The number of carbonyl (C=O) groups is 2. The third-order valence-corrected chi connectivity index (χ3v) is 8.76. The van der Waals surface area contributed by atoms with E-state index in [1.54, 1.807) is 32.3 Å². The Morgan fingerprint density at radius 1 is 0.822 bits per heavy atom. The summed E-state index contributed by atoms with van der Waals surface area (Å²) >= 11 is 0. The molecule has 1 aliphatic rings. The fourth-order valence-electron chi connectivity index (χ4n) is 6.05. The second-order valence-corrected chi connectivity index (χ2v) is 11.7. The monoisotopic (exact) mass is 600 g/mol. The summed E-state index contributed by atoms with van der Waals surface area (Å²) in [6, 6.07) is 29.2. The van der Waals surface area contributed by atoms with Gasteiger partial charge in [-0.3, -0.25) is 14.7 Å². The van der Waals surface area contributed by atoms with Crippen molar-refractivity contribution >= 4 is 28.3 Å². The number of aromatic nitrogens is 1. The third kappa shape index (κ3) is 5.97. The number of carboxylic acids is 1. The minimum absolute atomic E-state index is 0.0202. The van der Waals surface area contributed by atoms with Gasteiger partial charge in [0.2, 0.25) is 0 Å². The SMILES string of the molecule is CC(c1ccc(-c2ccc(-c3cc(C(=O)N(C)C)c(O)c4ccccc34)nc2)cc1)N1CCN(c2ccc(C(=O)O)cc2)CC1. The van der Waals surface area contributed by atoms with E-state index in [9.17, 15) is 14.7 Å². The van der Waals surface area contributed by atoms with Gasteiger partial charge in [0.1, 0.15) is 5.75 Å². The van der Waals surface area contributed by atoms with E-state index in [2.05, 4.69) is 41.0 Å². The normalized spacial score (nSPS) is 14.3. The smallest absolute Gasteiger partial charge is 0.335 e. The van der Waals surface area contributed by atoms with Crippen LogP contribution in [0, 0.1) is 0 Å². The Kier molecular flexibility index (Phi) is 8.24. The Bertz CT molecular complexity index is 1840. The molecule has 5 aromatic rings. The fraction of sp³-hybridized carbons (Fsp3) is 0.216. The number of phenolic OH excluding ortho intramolecular Hbond substituents is 1. The lowest BCUT2D eigenvalue weighted by molar-refractivity contribution is 0.0696. The van der Waals surface area contributed by atoms with Crippen LogP contribution in [-0.2, 0) is 0 Å². The topological polar surface area (TPSA) is 97.2 Å². The number of anilines is 1. The molecule has 1 atom stereocenters. The van der Waals surface area contributed by atoms with E-state index < -0.39 is 5.97 Å². The number of carbonyl (C=O) groups excluding carboxylic acids is 1. The van der Waals surface area contributed by atoms with Crippen LogP contribution in [0.1, 0.15) is 39.2 Å². The molecule has 1 fully saturated rings. The summed E-state index contributed by atoms with van der Waals surface area (Å²) in [5.41, 5.74) is 6.44. The zero-order valence-electron chi connectivity index (χ0n) is 25.6. The molecular weight excluding hydrogens is 564 g/mol. The molecule has 1 saturated heterocycles. The predicted octanol–water partition coefficient (Wildman–Crippen LogP) is 6.56. The van der Waals surface area contributed by atoms with E-state index in [-0.39, 0.29) is 23.3 Å². The van der Waals surface area contributed by atoms with Gasteiger partial charge in [-0.15, -0.1) is 0 Å². The number of amides is 1. The Labute approximate surface area is 262 Å². The fourth-order valence-corrected chi connectivity index (χ4v) is 6.05. The third-order valence-electron chi connectivity index (χ3n) is 8.76. The van der Waals surface area contributed by atoms with Gasteiger partial charge >= 0.3 is 5.97 Å². The van der Waals surface area contributed by atoms with Gasteiger partial charge in [-0.2, -0.15) is 0 Å². The number of nitrogens with zero attached hydrogens (tertiary/aromatic N) is 4. The van der Waals surface area contributed by atoms with Crippen LogP contribution in [0.4, 0.5) is 5.69 Å². The van der Waals surface area contributed by atoms with Crippen LogP contribution in [-0.4, -0.2) is 77.1 Å². The van der Waals surface area contributed by atoms with Crippen molar-refractivity contribution < 1.29 is 19.8 Å². The van der Waals surface area contributed by atoms with Crippen molar-refractivity contribution in [1.82, 2.24) is 14.8 Å². The van der Waals surface area contributed by atoms with Crippen molar-refractivity contribution in [2.45, 2.75) is 13.0 Å². The molecule has 8 heteroatoms. The number of phenols is 1. The number of carboxylic acid groups (broad SMARTS) is 1. The van der Waals surface area contributed by atoms with E-state index in [1.165, 1.54) is 10.5 Å². The number of aromatic hydroxyl groups is 1. The number of aromatic carboxylic acids is 1. The van der Waals surface area contributed by atoms with Gasteiger partial charge < -0.3 is 20.0 Å². The Morgan fingerprint density at radius 2 is 1.47 bits per heavy atom. The van der Waals surface area contributed by atoms with Crippen LogP contribution < -0.4 is 4.90 Å². The summed E-state index contributed by atoms with van der Waals surface area (Å²) < 4.78 is 0. The summed E-state index contributed by atoms with van der Waals surface area (Å²) in [7, 11) is 3.34. The van der Waals surface area contributed by atoms with E-state index in [4.69, 9.17) is 10.1 Å². The molecule has 2 N–H and O–H groups in total. The average Bonchev–Trinajstić information content (AvgIpc) is 3.08. The van der Waals surface area contributed by atoms with Crippen LogP contribution >= 0.6 is 0 Å². The number of hydrogen-bond donors (Lipinski definition) is 2. The second kappa shape index (κ2) is 12.4. The number of benzene rings is 4. The van der Waals surface area contributed by atoms with Gasteiger partial charge in [-0.25, -0.2) is 4.79 Å². The molecule has 1 aliphatic heterocycles. The average molecular weight is 601 g/mol. The molecule has 0 aliphatic carbocycles. The van der Waals surface area contributed by atoms with Gasteiger partial charge in [0.05, 0.1) is 16.8 Å². The minimum atomic E-state index is -0.907. The lowest BCUT2D eigenvalue weighted by Crippen LogP contribution is -2.47. The number of rotatable bonds is 7. The molecule has 6 rings (SSSR count). The zero-order valence-corrected chi connectivity index (χ0v) is 25.6. The van der Waals surface area contributed by atoms with E-state index >= 15 is 0 Å². The predicted molar refractivity (Wildman–Crippen MR) is 178 cm³/mol. The maximum atomic E-state index is 12.8. The first-order valence-electron chi connectivity index (χ1n) is 15.1. The Balaban J connectivity index is 1.16. The molecule has 45 heavy (non-hydrogen) atoms. The molecular formula is C37H36N4O4. The summed E-state index contributed by atoms with van der Waals surface area (Å²) in [5.74, 6) is -1.19. The Morgan fingerprint density at radius 3 is 2.07 bits per heavy atom. The van der Waals surface area contributed by atoms with E-state index in [1.807, 2.05) is 54.7 Å². The number of piperazine rings is 1. The maximum Gasteiger partial charge on any atom is 0.335 e. The summed E-state index contributed by atoms with van der Waals surface area (Å²) in [6.45, 7) is 5.84. The second-order valence-electron chi connectivity index (χ2n) is 11.7. The summed E-state index contributed by atoms with van der Waals surface area (Å²) in [5, 5.41) is 21.5. The number of pyridine rings is 1. The molecule has 1 aromatic heterocycles. The molecule has 8 nitrogen and oxygen atoms in total. The highest BCUT2D eigenvalue weighted by Crippen LogP contribution is 2.37. The van der Waals surface area contributed by atoms with Gasteiger partial charge in [-0.05, 0) is 59.8 Å². The van der Waals surface area contributed by atoms with Crippen molar-refractivity contribution in [2.24, 2.45) is 0 Å². The molecule has 228 valence electrons. The lowest BCUT2D eigenvalue weighted by atomic mass is 9.96. The van der Waals surface area contributed by atoms with Crippen molar-refractivity contribution in [3.05, 3.63) is 114 Å². The van der Waals surface area contributed by atoms with Gasteiger partial charge in [-0.1, -0.05) is 54.6 Å². The maximum absolute atomic E-state index is 12.8. The Hall–Kier alpha value is -5.21. The summed E-state index contributed by atoms with van der Waals surface area (Å²) in [6.07, 6.45) is 1.85. The standard InChI is InChI=1S/C37H36N4O4/c1-24(40-18-20-41(21-19-40)29-15-12-27(13-16-29)37(44)45)25-8-10-26(11-9-25)28-14-17-34(38-23-28)32-22-33(36(43)39(2)3)35(42)31-7-5-4-6-30(31)32/h4-17,22-24,42H,18-21H2,1-3H3,(H,44,45). The van der Waals surface area contributed by atoms with Crippen molar-refractivity contribution in [1.29, 1.82) is 0 Å². The van der Waals surface area contributed by atoms with Crippen LogP contribution in [0.25, 0.3) is 33.2 Å². The van der Waals surface area contributed by atoms with Gasteiger partial charge in [0, 0.05) is 74.7 Å². The molecule has 0 spiro atoms. The molecule has 0 radical (unpaired) electrons. The van der Waals surface area contributed by atoms with Crippen molar-refractivity contribution in [3.63, 3.8) is 0 Å². The van der Waals surface area contributed by atoms with Crippen LogP contribution in [0.3, 0.4) is 0 Å². The van der Waals surface area contributed by atoms with Crippen molar-refractivity contribution in [3.8, 4) is 28.1 Å². The molecule has 0 saturated carbocycles. The zero-order chi connectivity index (χ0) is 31.7. The van der Waals surface area contributed by atoms with Crippen LogP contribution in [0.5, 0.6) is 5.75 Å². The van der Waals surface area contributed by atoms with Gasteiger partial charge in [0.15, 0.2) is 0 Å². The molecule has 4 aromatic carbocycles. The molecule has 1 unspecified atom stereocenters. The van der Waals surface area contributed by atoms with E-state index in [0.717, 1.165) is 59.6 Å². The first-order chi connectivity index (χ1) is 21.7. The van der Waals surface area contributed by atoms with Crippen LogP contribution in [0.2, 0.25) is 0 Å².